The van der Waals surface area contributed by atoms with Gasteiger partial charge in [0.15, 0.2) is 17.3 Å². The van der Waals surface area contributed by atoms with E-state index in [1.54, 1.807) is 0 Å². The predicted octanol–water partition coefficient (Wildman–Crippen LogP) is -0.0233. The Kier molecular flexibility index (Phi) is 8.66. The topological polar surface area (TPSA) is 239 Å². The molecule has 13 heteroatoms. The normalized spacial score (nSPS) is 59.1. The van der Waals surface area contributed by atoms with Crippen molar-refractivity contribution >= 4 is 23.1 Å². The second-order valence-corrected chi connectivity index (χ2v) is 20.5. The van der Waals surface area contributed by atoms with Crippen LogP contribution >= 0.6 is 0 Å². The van der Waals surface area contributed by atoms with E-state index in [1.165, 1.54) is 7.11 Å². The first-order valence-electron chi connectivity index (χ1n) is 20.2. The molecule has 0 amide bonds. The summed E-state index contributed by atoms with van der Waals surface area (Å²) in [6.07, 6.45) is -7.31. The molecule has 13 nitrogen and oxygen atoms in total. The molecule has 54 heavy (non-hydrogen) atoms. The Balaban J connectivity index is 1.26. The quantitative estimate of drug-likeness (QED) is 0.178. The van der Waals surface area contributed by atoms with Crippen LogP contribution in [0.1, 0.15) is 85.5 Å². The number of hydrogen-bond donors (Lipinski definition) is 8. The molecule has 0 aromatic heterocycles. The van der Waals surface area contributed by atoms with Crippen LogP contribution < -0.4 is 0 Å². The second kappa shape index (κ2) is 11.9. The van der Waals surface area contributed by atoms with Gasteiger partial charge in [-0.3, -0.25) is 19.2 Å². The molecule has 0 unspecified atom stereocenters. The molecule has 8 aliphatic carbocycles. The van der Waals surface area contributed by atoms with Gasteiger partial charge < -0.3 is 45.6 Å². The largest absolute Gasteiger partial charge is 0.396 e. The Hall–Kier alpha value is -1.68. The zero-order valence-corrected chi connectivity index (χ0v) is 32.1. The minimum Gasteiger partial charge on any atom is -0.396 e. The van der Waals surface area contributed by atoms with Crippen molar-refractivity contribution in [2.75, 3.05) is 26.9 Å². The SMILES string of the molecule is COC[C@@]1(C[C@@H]2C(=O)[C@@]34[C@H](O)C[C@@H]5[C@@](C)(CO)CCC[C@@]5(C)[C@@H]3C(=O)[C@H](O)[C@@H]2[C@H]4O)C(=O)[C@@]23[C@H](O)C[C@@H]4[C@@](C)(CO)CCC[C@@]4(C)[C@@H]2C(=O)[C@H](O)[C@@H]1[C@H]3O. The van der Waals surface area contributed by atoms with Gasteiger partial charge >= 0.3 is 0 Å². The molecule has 8 N–H and O–H groups in total. The lowest BCUT2D eigenvalue weighted by molar-refractivity contribution is -0.234. The highest BCUT2D eigenvalue weighted by atomic mass is 16.5. The molecule has 0 aromatic carbocycles. The van der Waals surface area contributed by atoms with Gasteiger partial charge in [0.1, 0.15) is 18.0 Å². The minimum absolute atomic E-state index is 0.00637. The van der Waals surface area contributed by atoms with Gasteiger partial charge in [-0.05, 0) is 78.4 Å². The number of aliphatic hydroxyl groups excluding tert-OH is 8. The van der Waals surface area contributed by atoms with E-state index in [4.69, 9.17) is 4.74 Å². The van der Waals surface area contributed by atoms with Crippen LogP contribution in [0.3, 0.4) is 0 Å². The lowest BCUT2D eigenvalue weighted by atomic mass is 9.39. The molecular weight excluding hydrogens is 700 g/mol. The third-order valence-corrected chi connectivity index (χ3v) is 18.5. The first-order chi connectivity index (χ1) is 25.2. The maximum atomic E-state index is 15.6. The van der Waals surface area contributed by atoms with Crippen molar-refractivity contribution in [3.05, 3.63) is 0 Å². The van der Waals surface area contributed by atoms with Crippen LogP contribution in [0.2, 0.25) is 0 Å². The Morgan fingerprint density at radius 1 is 0.667 bits per heavy atom. The molecule has 0 saturated heterocycles. The van der Waals surface area contributed by atoms with Gasteiger partial charge in [-0.2, -0.15) is 0 Å². The summed E-state index contributed by atoms with van der Waals surface area (Å²) in [5.74, 6) is -10.6. The zero-order valence-electron chi connectivity index (χ0n) is 32.1. The summed E-state index contributed by atoms with van der Waals surface area (Å²) in [6, 6.07) is 0. The molecule has 8 fully saturated rings. The van der Waals surface area contributed by atoms with Crippen LogP contribution in [0.4, 0.5) is 0 Å². The molecule has 20 atom stereocenters. The molecule has 8 saturated carbocycles. The molecule has 4 bridgehead atoms. The molecule has 8 rings (SSSR count). The van der Waals surface area contributed by atoms with Crippen LogP contribution in [0.15, 0.2) is 0 Å². The van der Waals surface area contributed by atoms with E-state index in [-0.39, 0.29) is 26.1 Å². The number of ether oxygens (including phenoxy) is 1. The summed E-state index contributed by atoms with van der Waals surface area (Å²) < 4.78 is 5.67. The summed E-state index contributed by atoms with van der Waals surface area (Å²) in [5.41, 5.74) is -9.42. The molecule has 0 aliphatic heterocycles. The fourth-order valence-electron chi connectivity index (χ4n) is 16.4. The summed E-state index contributed by atoms with van der Waals surface area (Å²) in [4.78, 5) is 60.1. The predicted molar refractivity (Wildman–Crippen MR) is 188 cm³/mol. The first kappa shape index (κ1) is 39.2. The lowest BCUT2D eigenvalue weighted by Gasteiger charge is -2.65. The highest BCUT2D eigenvalue weighted by Gasteiger charge is 2.85. The van der Waals surface area contributed by atoms with Crippen molar-refractivity contribution in [2.45, 2.75) is 122 Å². The average Bonchev–Trinajstić information content (AvgIpc) is 3.37. The Morgan fingerprint density at radius 3 is 1.65 bits per heavy atom. The van der Waals surface area contributed by atoms with E-state index in [2.05, 4.69) is 0 Å². The van der Waals surface area contributed by atoms with Crippen molar-refractivity contribution in [1.29, 1.82) is 0 Å². The van der Waals surface area contributed by atoms with E-state index >= 15 is 9.59 Å². The van der Waals surface area contributed by atoms with Gasteiger partial charge in [0.2, 0.25) is 0 Å². The van der Waals surface area contributed by atoms with Crippen LogP contribution in [-0.4, -0.2) is 128 Å². The number of ketones is 4. The summed E-state index contributed by atoms with van der Waals surface area (Å²) >= 11 is 0. The smallest absolute Gasteiger partial charge is 0.166 e. The number of fused-ring (bicyclic) bond motifs is 6. The molecule has 0 aromatic rings. The van der Waals surface area contributed by atoms with Crippen molar-refractivity contribution in [3.63, 3.8) is 0 Å². The monoisotopic (exact) mass is 760 g/mol. The maximum Gasteiger partial charge on any atom is 0.166 e. The van der Waals surface area contributed by atoms with E-state index < -0.39 is 152 Å². The van der Waals surface area contributed by atoms with Crippen molar-refractivity contribution in [2.24, 2.45) is 79.3 Å². The molecule has 2 spiro atoms. The number of carbonyl (C=O) groups is 4. The Bertz CT molecular complexity index is 1650. The fraction of sp³-hybridized carbons (Fsp3) is 0.902. The van der Waals surface area contributed by atoms with Crippen LogP contribution in [0.5, 0.6) is 0 Å². The van der Waals surface area contributed by atoms with Crippen molar-refractivity contribution in [1.82, 2.24) is 0 Å². The van der Waals surface area contributed by atoms with Crippen LogP contribution in [0.25, 0.3) is 0 Å². The maximum absolute atomic E-state index is 15.6. The molecule has 8 aliphatic rings. The fourth-order valence-corrected chi connectivity index (χ4v) is 16.4. The van der Waals surface area contributed by atoms with E-state index in [0.717, 1.165) is 0 Å². The lowest BCUT2D eigenvalue weighted by Crippen LogP contribution is -2.71. The van der Waals surface area contributed by atoms with Gasteiger partial charge in [0.05, 0.1) is 47.3 Å². The van der Waals surface area contributed by atoms with Gasteiger partial charge in [-0.15, -0.1) is 0 Å². The number of aliphatic hydroxyl groups is 8. The highest BCUT2D eigenvalue weighted by Crippen LogP contribution is 2.75. The average molecular weight is 761 g/mol. The third kappa shape index (κ3) is 4.07. The number of methoxy groups -OCH3 is 1. The zero-order chi connectivity index (χ0) is 39.5. The van der Waals surface area contributed by atoms with Gasteiger partial charge in [0.25, 0.3) is 0 Å². The number of rotatable bonds is 6. The summed E-state index contributed by atoms with van der Waals surface area (Å²) in [6.45, 7) is 6.58. The molecule has 0 radical (unpaired) electrons. The molecular formula is C41H60O13. The van der Waals surface area contributed by atoms with E-state index in [0.29, 0.717) is 38.5 Å². The summed E-state index contributed by atoms with van der Waals surface area (Å²) in [5, 5.41) is 94.0. The van der Waals surface area contributed by atoms with E-state index in [9.17, 15) is 50.4 Å². The number of hydrogen-bond acceptors (Lipinski definition) is 13. The Morgan fingerprint density at radius 2 is 1.15 bits per heavy atom. The van der Waals surface area contributed by atoms with Gasteiger partial charge in [0, 0.05) is 49.9 Å². The Labute approximate surface area is 315 Å². The first-order valence-corrected chi connectivity index (χ1v) is 20.2. The number of Topliss-reactive ketones (excluding diaryl/α,β-unsaturated/α-hetero) is 4. The van der Waals surface area contributed by atoms with Crippen LogP contribution in [-0.2, 0) is 23.9 Å². The number of carbonyl (C=O) groups excluding carboxylic acids is 4. The third-order valence-electron chi connectivity index (χ3n) is 18.5. The van der Waals surface area contributed by atoms with Crippen molar-refractivity contribution in [3.8, 4) is 0 Å². The highest BCUT2D eigenvalue weighted by molar-refractivity contribution is 6.07. The van der Waals surface area contributed by atoms with Gasteiger partial charge in [-0.1, -0.05) is 40.5 Å². The van der Waals surface area contributed by atoms with Crippen LogP contribution in [0, 0.1) is 79.3 Å². The van der Waals surface area contributed by atoms with E-state index in [1.807, 2.05) is 27.7 Å². The van der Waals surface area contributed by atoms with Gasteiger partial charge in [-0.25, -0.2) is 0 Å². The minimum atomic E-state index is -2.08. The summed E-state index contributed by atoms with van der Waals surface area (Å²) in [7, 11) is 1.30. The standard InChI is InChI=1S/C41H60O13/c1-35(15-42)8-6-10-37(3)19(35)12-21(44)40-29(37)27(48)25(46)23(32(40)51)18(31(40)50)14-39(17-54-5)24-26(47)28(49)30-38(4)11-7-9-36(2,16-43)20(38)13-22(45)41(30,33(24)52)34(39)53/h18-26,29-30,32-33,42-47,51-52H,6-17H2,1-5H3/t18-,19+,20+,21+,22+,23+,24+,25+,26+,29-,30-,32+,33+,35+,36+,37+,38+,39+,40+,41-/m0/s1. The van der Waals surface area contributed by atoms with Crippen molar-refractivity contribution < 1.29 is 64.8 Å². The molecule has 302 valence electrons. The molecule has 0 heterocycles. The second-order valence-electron chi connectivity index (χ2n) is 20.5.